The van der Waals surface area contributed by atoms with Crippen LogP contribution in [-0.2, 0) is 11.3 Å². The van der Waals surface area contributed by atoms with Crippen molar-refractivity contribution in [3.05, 3.63) is 35.6 Å². The van der Waals surface area contributed by atoms with Crippen LogP contribution in [0, 0.1) is 17.2 Å². The number of rotatable bonds is 5. The number of carboxylic acids is 1. The van der Waals surface area contributed by atoms with Gasteiger partial charge in [-0.3, -0.25) is 4.79 Å². The normalized spacial score (nSPS) is 26.0. The quantitative estimate of drug-likeness (QED) is 0.902. The van der Waals surface area contributed by atoms with E-state index >= 15 is 0 Å². The van der Waals surface area contributed by atoms with Crippen LogP contribution in [0.25, 0.3) is 0 Å². The summed E-state index contributed by atoms with van der Waals surface area (Å²) in [6.07, 6.45) is 3.49. The fraction of sp³-hybridized carbons (Fsp3) is 0.588. The molecule has 1 saturated carbocycles. The molecule has 1 aliphatic rings. The van der Waals surface area contributed by atoms with Gasteiger partial charge in [-0.25, -0.2) is 4.39 Å². The molecule has 0 saturated heterocycles. The third-order valence-corrected chi connectivity index (χ3v) is 4.52. The van der Waals surface area contributed by atoms with E-state index in [2.05, 4.69) is 6.92 Å². The highest BCUT2D eigenvalue weighted by Crippen LogP contribution is 2.40. The molecule has 0 aromatic heterocycles. The van der Waals surface area contributed by atoms with E-state index in [1.54, 1.807) is 12.1 Å². The standard InChI is InChI=1S/C17H24FNO2/c1-13-6-5-9-17(10-13,16(20)21)12-19(2)11-14-7-3-4-8-15(14)18/h3-4,7-8,13H,5-6,9-12H2,1-2H3,(H,20,21). The van der Waals surface area contributed by atoms with E-state index < -0.39 is 11.4 Å². The van der Waals surface area contributed by atoms with Gasteiger partial charge in [0.15, 0.2) is 0 Å². The third kappa shape index (κ3) is 3.82. The minimum Gasteiger partial charge on any atom is -0.481 e. The third-order valence-electron chi connectivity index (χ3n) is 4.52. The topological polar surface area (TPSA) is 40.5 Å². The Hall–Kier alpha value is -1.42. The van der Waals surface area contributed by atoms with E-state index in [0.29, 0.717) is 37.4 Å². The SMILES string of the molecule is CC1CCCC(CN(C)Cc2ccccc2F)(C(=O)O)C1. The fourth-order valence-corrected chi connectivity index (χ4v) is 3.56. The van der Waals surface area contributed by atoms with Crippen molar-refractivity contribution in [2.75, 3.05) is 13.6 Å². The predicted octanol–water partition coefficient (Wildman–Crippen LogP) is 3.54. The first-order valence-corrected chi connectivity index (χ1v) is 7.58. The smallest absolute Gasteiger partial charge is 0.310 e. The molecule has 4 heteroatoms. The largest absolute Gasteiger partial charge is 0.481 e. The van der Waals surface area contributed by atoms with Crippen LogP contribution < -0.4 is 0 Å². The van der Waals surface area contributed by atoms with Gasteiger partial charge in [0.2, 0.25) is 0 Å². The minimum atomic E-state index is -0.713. The Labute approximate surface area is 125 Å². The Balaban J connectivity index is 2.07. The molecule has 0 amide bonds. The van der Waals surface area contributed by atoms with Crippen LogP contribution >= 0.6 is 0 Å². The highest BCUT2D eigenvalue weighted by atomic mass is 19.1. The Morgan fingerprint density at radius 2 is 2.19 bits per heavy atom. The molecule has 3 nitrogen and oxygen atoms in total. The fourth-order valence-electron chi connectivity index (χ4n) is 3.56. The molecule has 0 radical (unpaired) electrons. The van der Waals surface area contributed by atoms with Crippen molar-refractivity contribution in [3.8, 4) is 0 Å². The van der Waals surface area contributed by atoms with E-state index in [1.165, 1.54) is 6.07 Å². The molecule has 1 aromatic rings. The van der Waals surface area contributed by atoms with Gasteiger partial charge in [-0.15, -0.1) is 0 Å². The van der Waals surface area contributed by atoms with E-state index in [1.807, 2.05) is 18.0 Å². The van der Waals surface area contributed by atoms with Crippen molar-refractivity contribution in [2.24, 2.45) is 11.3 Å². The summed E-state index contributed by atoms with van der Waals surface area (Å²) in [5.74, 6) is -0.503. The summed E-state index contributed by atoms with van der Waals surface area (Å²) in [7, 11) is 1.87. The highest BCUT2D eigenvalue weighted by molar-refractivity contribution is 5.75. The number of halogens is 1. The average Bonchev–Trinajstić information content (AvgIpc) is 2.41. The summed E-state index contributed by atoms with van der Waals surface area (Å²) in [6.45, 7) is 3.03. The molecule has 1 N–H and O–H groups in total. The summed E-state index contributed by atoms with van der Waals surface area (Å²) >= 11 is 0. The van der Waals surface area contributed by atoms with Crippen molar-refractivity contribution in [1.82, 2.24) is 4.90 Å². The molecule has 21 heavy (non-hydrogen) atoms. The van der Waals surface area contributed by atoms with Gasteiger partial charge in [0.1, 0.15) is 5.82 Å². The van der Waals surface area contributed by atoms with Crippen LogP contribution in [0.2, 0.25) is 0 Å². The molecule has 1 aromatic carbocycles. The summed E-state index contributed by atoms with van der Waals surface area (Å²) in [6, 6.07) is 6.67. The molecular weight excluding hydrogens is 269 g/mol. The monoisotopic (exact) mass is 293 g/mol. The Morgan fingerprint density at radius 1 is 1.48 bits per heavy atom. The molecule has 0 aliphatic heterocycles. The highest BCUT2D eigenvalue weighted by Gasteiger charge is 2.42. The first-order valence-electron chi connectivity index (χ1n) is 7.58. The maximum absolute atomic E-state index is 13.7. The van der Waals surface area contributed by atoms with Gasteiger partial charge in [-0.05, 0) is 31.9 Å². The number of nitrogens with zero attached hydrogens (tertiary/aromatic N) is 1. The Kier molecular flexibility index (Phi) is 4.99. The molecule has 0 bridgehead atoms. The Morgan fingerprint density at radius 3 is 2.81 bits per heavy atom. The lowest BCUT2D eigenvalue weighted by atomic mass is 9.69. The number of hydrogen-bond donors (Lipinski definition) is 1. The second kappa shape index (κ2) is 6.56. The molecule has 1 aliphatic carbocycles. The molecule has 0 spiro atoms. The molecule has 1 fully saturated rings. The molecule has 2 unspecified atom stereocenters. The van der Waals surface area contributed by atoms with Crippen molar-refractivity contribution in [2.45, 2.75) is 39.2 Å². The lowest BCUT2D eigenvalue weighted by Gasteiger charge is -2.39. The number of hydrogen-bond acceptors (Lipinski definition) is 2. The van der Waals surface area contributed by atoms with Crippen LogP contribution in [0.3, 0.4) is 0 Å². The second-order valence-corrected chi connectivity index (χ2v) is 6.55. The molecule has 2 rings (SSSR count). The lowest BCUT2D eigenvalue weighted by molar-refractivity contribution is -0.153. The molecule has 0 heterocycles. The van der Waals surface area contributed by atoms with Crippen molar-refractivity contribution < 1.29 is 14.3 Å². The van der Waals surface area contributed by atoms with Gasteiger partial charge in [0.25, 0.3) is 0 Å². The van der Waals surface area contributed by atoms with Crippen LogP contribution in [0.4, 0.5) is 4.39 Å². The van der Waals surface area contributed by atoms with Crippen LogP contribution in [0.15, 0.2) is 24.3 Å². The van der Waals surface area contributed by atoms with E-state index in [0.717, 1.165) is 12.8 Å². The minimum absolute atomic E-state index is 0.231. The van der Waals surface area contributed by atoms with E-state index in [-0.39, 0.29) is 5.82 Å². The van der Waals surface area contributed by atoms with E-state index in [4.69, 9.17) is 0 Å². The maximum Gasteiger partial charge on any atom is 0.310 e. The second-order valence-electron chi connectivity index (χ2n) is 6.55. The van der Waals surface area contributed by atoms with E-state index in [9.17, 15) is 14.3 Å². The zero-order chi connectivity index (χ0) is 15.5. The zero-order valence-electron chi connectivity index (χ0n) is 12.8. The van der Waals surface area contributed by atoms with Crippen LogP contribution in [-0.4, -0.2) is 29.6 Å². The number of carboxylic acid groups (broad SMARTS) is 1. The summed E-state index contributed by atoms with van der Waals surface area (Å²) in [4.78, 5) is 13.7. The van der Waals surface area contributed by atoms with Crippen LogP contribution in [0.1, 0.15) is 38.2 Å². The molecule has 2 atom stereocenters. The predicted molar refractivity (Wildman–Crippen MR) is 80.4 cm³/mol. The van der Waals surface area contributed by atoms with Gasteiger partial charge in [0.05, 0.1) is 5.41 Å². The summed E-state index contributed by atoms with van der Waals surface area (Å²) in [5, 5.41) is 9.68. The zero-order valence-corrected chi connectivity index (χ0v) is 12.8. The summed E-state index contributed by atoms with van der Waals surface area (Å²) < 4.78 is 13.7. The Bertz CT molecular complexity index is 505. The van der Waals surface area contributed by atoms with Gasteiger partial charge >= 0.3 is 5.97 Å². The van der Waals surface area contributed by atoms with Crippen molar-refractivity contribution in [1.29, 1.82) is 0 Å². The van der Waals surface area contributed by atoms with Gasteiger partial charge in [0, 0.05) is 18.7 Å². The maximum atomic E-state index is 13.7. The number of benzene rings is 1. The first-order chi connectivity index (χ1) is 9.93. The lowest BCUT2D eigenvalue weighted by Crippen LogP contribution is -2.44. The number of carbonyl (C=O) groups is 1. The number of aliphatic carboxylic acids is 1. The van der Waals surface area contributed by atoms with Crippen LogP contribution in [0.5, 0.6) is 0 Å². The average molecular weight is 293 g/mol. The summed E-state index contributed by atoms with van der Waals surface area (Å²) in [5.41, 5.74) is -0.0677. The van der Waals surface area contributed by atoms with Gasteiger partial charge in [-0.1, -0.05) is 38.0 Å². The first kappa shape index (κ1) is 16.0. The van der Waals surface area contributed by atoms with Crippen molar-refractivity contribution in [3.63, 3.8) is 0 Å². The molecule has 116 valence electrons. The van der Waals surface area contributed by atoms with Gasteiger partial charge < -0.3 is 10.0 Å². The van der Waals surface area contributed by atoms with Gasteiger partial charge in [-0.2, -0.15) is 0 Å². The molecular formula is C17H24FNO2. The van der Waals surface area contributed by atoms with Crippen molar-refractivity contribution >= 4 is 5.97 Å².